The SMILES string of the molecule is C[C@@H](N)Cc1cc2cc(Br)ccc2[nH]1. The van der Waals surface area contributed by atoms with Crippen LogP contribution in [0.2, 0.25) is 0 Å². The summed E-state index contributed by atoms with van der Waals surface area (Å²) >= 11 is 3.45. The molecule has 14 heavy (non-hydrogen) atoms. The summed E-state index contributed by atoms with van der Waals surface area (Å²) in [6, 6.07) is 8.57. The van der Waals surface area contributed by atoms with Gasteiger partial charge in [0.1, 0.15) is 0 Å². The van der Waals surface area contributed by atoms with E-state index in [-0.39, 0.29) is 6.04 Å². The van der Waals surface area contributed by atoms with Gasteiger partial charge in [0.15, 0.2) is 0 Å². The second-order valence-electron chi connectivity index (χ2n) is 3.71. The fourth-order valence-corrected chi connectivity index (χ4v) is 2.00. The first kappa shape index (κ1) is 9.74. The number of benzene rings is 1. The van der Waals surface area contributed by atoms with Crippen molar-refractivity contribution in [2.45, 2.75) is 19.4 Å². The van der Waals surface area contributed by atoms with Crippen LogP contribution in [-0.2, 0) is 6.42 Å². The van der Waals surface area contributed by atoms with Crippen LogP contribution in [0.15, 0.2) is 28.7 Å². The minimum atomic E-state index is 0.200. The maximum Gasteiger partial charge on any atom is 0.0456 e. The average Bonchev–Trinajstić information content (AvgIpc) is 2.44. The van der Waals surface area contributed by atoms with Crippen molar-refractivity contribution in [1.29, 1.82) is 0 Å². The van der Waals surface area contributed by atoms with E-state index in [0.717, 1.165) is 10.9 Å². The van der Waals surface area contributed by atoms with E-state index in [9.17, 15) is 0 Å². The summed E-state index contributed by atoms with van der Waals surface area (Å²) in [6.07, 6.45) is 0.895. The molecule has 2 nitrogen and oxygen atoms in total. The van der Waals surface area contributed by atoms with Gasteiger partial charge in [0, 0.05) is 33.5 Å². The quantitative estimate of drug-likeness (QED) is 0.849. The van der Waals surface area contributed by atoms with E-state index in [1.807, 2.05) is 13.0 Å². The molecule has 3 heteroatoms. The van der Waals surface area contributed by atoms with Crippen molar-refractivity contribution in [2.24, 2.45) is 5.73 Å². The van der Waals surface area contributed by atoms with Gasteiger partial charge in [-0.3, -0.25) is 0 Å². The second-order valence-corrected chi connectivity index (χ2v) is 4.62. The summed E-state index contributed by atoms with van der Waals surface area (Å²) in [5, 5.41) is 1.23. The Morgan fingerprint density at radius 3 is 2.93 bits per heavy atom. The third-order valence-electron chi connectivity index (χ3n) is 2.18. The van der Waals surface area contributed by atoms with Crippen LogP contribution in [0.5, 0.6) is 0 Å². The van der Waals surface area contributed by atoms with E-state index in [1.54, 1.807) is 0 Å². The number of hydrogen-bond donors (Lipinski definition) is 2. The van der Waals surface area contributed by atoms with Gasteiger partial charge in [-0.25, -0.2) is 0 Å². The molecule has 0 spiro atoms. The predicted octanol–water partition coefficient (Wildman–Crippen LogP) is 2.82. The lowest BCUT2D eigenvalue weighted by molar-refractivity contribution is 0.727. The lowest BCUT2D eigenvalue weighted by Crippen LogP contribution is -2.17. The number of aromatic amines is 1. The van der Waals surface area contributed by atoms with E-state index in [4.69, 9.17) is 5.73 Å². The van der Waals surface area contributed by atoms with Crippen LogP contribution < -0.4 is 5.73 Å². The monoisotopic (exact) mass is 252 g/mol. The molecule has 0 radical (unpaired) electrons. The largest absolute Gasteiger partial charge is 0.358 e. The zero-order valence-electron chi connectivity index (χ0n) is 8.05. The molecule has 0 aliphatic carbocycles. The number of H-pyrrole nitrogens is 1. The number of fused-ring (bicyclic) bond motifs is 1. The van der Waals surface area contributed by atoms with Gasteiger partial charge in [-0.05, 0) is 31.2 Å². The second kappa shape index (κ2) is 3.75. The molecular weight excluding hydrogens is 240 g/mol. The third-order valence-corrected chi connectivity index (χ3v) is 2.67. The van der Waals surface area contributed by atoms with Crippen molar-refractivity contribution in [3.63, 3.8) is 0 Å². The molecule has 0 fully saturated rings. The highest BCUT2D eigenvalue weighted by atomic mass is 79.9. The summed E-state index contributed by atoms with van der Waals surface area (Å²) in [4.78, 5) is 3.35. The normalized spacial score (nSPS) is 13.4. The van der Waals surface area contributed by atoms with Crippen molar-refractivity contribution in [3.8, 4) is 0 Å². The van der Waals surface area contributed by atoms with Crippen molar-refractivity contribution >= 4 is 26.8 Å². The fraction of sp³-hybridized carbons (Fsp3) is 0.273. The Morgan fingerprint density at radius 2 is 2.21 bits per heavy atom. The van der Waals surface area contributed by atoms with Crippen LogP contribution in [0, 0.1) is 0 Å². The van der Waals surface area contributed by atoms with Crippen LogP contribution in [0.1, 0.15) is 12.6 Å². The van der Waals surface area contributed by atoms with E-state index < -0.39 is 0 Å². The maximum atomic E-state index is 5.75. The molecule has 1 aromatic heterocycles. The molecule has 0 unspecified atom stereocenters. The molecule has 2 rings (SSSR count). The molecule has 0 saturated heterocycles. The first-order valence-corrected chi connectivity index (χ1v) is 5.47. The lowest BCUT2D eigenvalue weighted by atomic mass is 10.2. The van der Waals surface area contributed by atoms with Crippen molar-refractivity contribution in [2.75, 3.05) is 0 Å². The molecule has 3 N–H and O–H groups in total. The Bertz CT molecular complexity index is 445. The number of nitrogens with one attached hydrogen (secondary N) is 1. The van der Waals surface area contributed by atoms with Gasteiger partial charge in [0.2, 0.25) is 0 Å². The van der Waals surface area contributed by atoms with Gasteiger partial charge in [-0.2, -0.15) is 0 Å². The molecule has 0 saturated carbocycles. The van der Waals surface area contributed by atoms with Gasteiger partial charge < -0.3 is 10.7 Å². The fourth-order valence-electron chi connectivity index (χ4n) is 1.62. The summed E-state index contributed by atoms with van der Waals surface area (Å²) in [5.74, 6) is 0. The molecular formula is C11H13BrN2. The van der Waals surface area contributed by atoms with E-state index in [1.165, 1.54) is 16.6 Å². The van der Waals surface area contributed by atoms with Gasteiger partial charge in [-0.15, -0.1) is 0 Å². The van der Waals surface area contributed by atoms with E-state index in [0.29, 0.717) is 0 Å². The number of halogens is 1. The molecule has 1 atom stereocenters. The van der Waals surface area contributed by atoms with Crippen LogP contribution in [0.25, 0.3) is 10.9 Å². The van der Waals surface area contributed by atoms with Crippen LogP contribution >= 0.6 is 15.9 Å². The Kier molecular flexibility index (Phi) is 2.61. The molecule has 1 heterocycles. The summed E-state index contributed by atoms with van der Waals surface area (Å²) in [6.45, 7) is 2.02. The molecule has 1 aromatic carbocycles. The molecule has 0 aliphatic heterocycles. The van der Waals surface area contributed by atoms with Crippen LogP contribution in [0.3, 0.4) is 0 Å². The lowest BCUT2D eigenvalue weighted by Gasteiger charge is -2.00. The van der Waals surface area contributed by atoms with Crippen molar-refractivity contribution in [3.05, 3.63) is 34.4 Å². The summed E-state index contributed by atoms with van der Waals surface area (Å²) < 4.78 is 1.11. The zero-order chi connectivity index (χ0) is 10.1. The molecule has 74 valence electrons. The minimum absolute atomic E-state index is 0.200. The zero-order valence-corrected chi connectivity index (χ0v) is 9.64. The van der Waals surface area contributed by atoms with Crippen LogP contribution in [0.4, 0.5) is 0 Å². The van der Waals surface area contributed by atoms with E-state index in [2.05, 4.69) is 39.1 Å². The molecule has 0 bridgehead atoms. The van der Waals surface area contributed by atoms with Crippen LogP contribution in [-0.4, -0.2) is 11.0 Å². The highest BCUT2D eigenvalue weighted by molar-refractivity contribution is 9.10. The van der Waals surface area contributed by atoms with Gasteiger partial charge in [0.25, 0.3) is 0 Å². The number of rotatable bonds is 2. The van der Waals surface area contributed by atoms with Gasteiger partial charge >= 0.3 is 0 Å². The molecule has 0 amide bonds. The standard InChI is InChI=1S/C11H13BrN2/c1-7(13)4-10-6-8-5-9(12)2-3-11(8)14-10/h2-3,5-7,14H,4,13H2,1H3/t7-/m1/s1. The average molecular weight is 253 g/mol. The Balaban J connectivity index is 2.41. The molecule has 2 aromatic rings. The summed E-state index contributed by atoms with van der Waals surface area (Å²) in [5.41, 5.74) is 8.12. The van der Waals surface area contributed by atoms with E-state index >= 15 is 0 Å². The Hall–Kier alpha value is -0.800. The maximum absolute atomic E-state index is 5.75. The third kappa shape index (κ3) is 1.99. The first-order valence-electron chi connectivity index (χ1n) is 4.68. The molecule has 0 aliphatic rings. The Morgan fingerprint density at radius 1 is 1.43 bits per heavy atom. The summed E-state index contributed by atoms with van der Waals surface area (Å²) in [7, 11) is 0. The van der Waals surface area contributed by atoms with Crippen molar-refractivity contribution in [1.82, 2.24) is 4.98 Å². The van der Waals surface area contributed by atoms with Crippen molar-refractivity contribution < 1.29 is 0 Å². The smallest absolute Gasteiger partial charge is 0.0456 e. The minimum Gasteiger partial charge on any atom is -0.358 e. The predicted molar refractivity (Wildman–Crippen MR) is 63.4 cm³/mol. The van der Waals surface area contributed by atoms with Gasteiger partial charge in [-0.1, -0.05) is 15.9 Å². The number of hydrogen-bond acceptors (Lipinski definition) is 1. The first-order chi connectivity index (χ1) is 6.65. The topological polar surface area (TPSA) is 41.8 Å². The van der Waals surface area contributed by atoms with Gasteiger partial charge in [0.05, 0.1) is 0 Å². The highest BCUT2D eigenvalue weighted by Gasteiger charge is 2.03. The Labute approximate surface area is 91.6 Å². The number of aromatic nitrogens is 1. The highest BCUT2D eigenvalue weighted by Crippen LogP contribution is 2.20. The number of nitrogens with two attached hydrogens (primary N) is 1.